The van der Waals surface area contributed by atoms with Crippen molar-refractivity contribution in [3.05, 3.63) is 76.3 Å². The number of carbonyl (C=O) groups is 3. The van der Waals surface area contributed by atoms with Crippen LogP contribution in [0, 0.1) is 11.3 Å². The number of hydrogen-bond donors (Lipinski definition) is 2. The first kappa shape index (κ1) is 28.0. The third-order valence-electron chi connectivity index (χ3n) is 5.19. The Balaban J connectivity index is 2.02. The number of amides is 2. The monoisotopic (exact) mass is 535 g/mol. The number of nitriles is 1. The number of esters is 1. The van der Waals surface area contributed by atoms with Gasteiger partial charge in [0.1, 0.15) is 11.4 Å². The minimum absolute atomic E-state index is 0.151. The quantitative estimate of drug-likeness (QED) is 0.356. The number of hydrogen-bond acceptors (Lipinski definition) is 7. The van der Waals surface area contributed by atoms with Gasteiger partial charge in [0.2, 0.25) is 0 Å². The molecule has 0 aliphatic heterocycles. The summed E-state index contributed by atoms with van der Waals surface area (Å²) in [6.07, 6.45) is -0.699. The SMILES string of the molecule is COC(=O)c1ccc(-c2cc(Cl)ccc2C(=O)Nc2cc(OC)ccc2NC(=O)OC(C)(C)C)c(C#N)c1. The lowest BCUT2D eigenvalue weighted by Crippen LogP contribution is -2.27. The van der Waals surface area contributed by atoms with E-state index in [1.165, 1.54) is 32.4 Å². The summed E-state index contributed by atoms with van der Waals surface area (Å²) >= 11 is 6.24. The van der Waals surface area contributed by atoms with Crippen molar-refractivity contribution in [3.8, 4) is 22.9 Å². The van der Waals surface area contributed by atoms with Gasteiger partial charge in [-0.2, -0.15) is 5.26 Å². The highest BCUT2D eigenvalue weighted by Crippen LogP contribution is 2.33. The third-order valence-corrected chi connectivity index (χ3v) is 5.42. The Kier molecular flexibility index (Phi) is 8.61. The summed E-state index contributed by atoms with van der Waals surface area (Å²) in [4.78, 5) is 37.8. The molecule has 3 aromatic carbocycles. The van der Waals surface area contributed by atoms with Crippen LogP contribution in [0.2, 0.25) is 5.02 Å². The van der Waals surface area contributed by atoms with Gasteiger partial charge in [-0.25, -0.2) is 9.59 Å². The third kappa shape index (κ3) is 6.81. The average molecular weight is 536 g/mol. The number of nitrogens with one attached hydrogen (secondary N) is 2. The van der Waals surface area contributed by atoms with Crippen LogP contribution in [0.1, 0.15) is 47.1 Å². The number of ether oxygens (including phenoxy) is 3. The zero-order valence-corrected chi connectivity index (χ0v) is 22.2. The van der Waals surface area contributed by atoms with Gasteiger partial charge in [-0.3, -0.25) is 10.1 Å². The van der Waals surface area contributed by atoms with Crippen molar-refractivity contribution in [2.75, 3.05) is 24.9 Å². The minimum Gasteiger partial charge on any atom is -0.497 e. The van der Waals surface area contributed by atoms with Gasteiger partial charge in [-0.15, -0.1) is 0 Å². The van der Waals surface area contributed by atoms with Gasteiger partial charge in [0.05, 0.1) is 42.8 Å². The topological polar surface area (TPSA) is 127 Å². The van der Waals surface area contributed by atoms with Crippen molar-refractivity contribution < 1.29 is 28.6 Å². The van der Waals surface area contributed by atoms with Crippen LogP contribution in [-0.2, 0) is 9.47 Å². The Bertz CT molecular complexity index is 1440. The minimum atomic E-state index is -0.722. The number of carbonyl (C=O) groups excluding carboxylic acids is 3. The van der Waals surface area contributed by atoms with E-state index in [0.29, 0.717) is 21.9 Å². The maximum absolute atomic E-state index is 13.5. The fraction of sp³-hybridized carbons (Fsp3) is 0.214. The highest BCUT2D eigenvalue weighted by atomic mass is 35.5. The van der Waals surface area contributed by atoms with Crippen molar-refractivity contribution in [3.63, 3.8) is 0 Å². The van der Waals surface area contributed by atoms with E-state index in [1.54, 1.807) is 57.2 Å². The summed E-state index contributed by atoms with van der Waals surface area (Å²) in [6.45, 7) is 5.20. The van der Waals surface area contributed by atoms with Crippen LogP contribution >= 0.6 is 11.6 Å². The van der Waals surface area contributed by atoms with Crippen LogP contribution in [0.25, 0.3) is 11.1 Å². The molecule has 10 heteroatoms. The lowest BCUT2D eigenvalue weighted by atomic mass is 9.94. The lowest BCUT2D eigenvalue weighted by Gasteiger charge is -2.21. The Labute approximate surface area is 225 Å². The van der Waals surface area contributed by atoms with Gasteiger partial charge in [0.25, 0.3) is 5.91 Å². The Morgan fingerprint density at radius 1 is 0.895 bits per heavy atom. The average Bonchev–Trinajstić information content (AvgIpc) is 2.87. The van der Waals surface area contributed by atoms with Crippen LogP contribution in [0.5, 0.6) is 5.75 Å². The second-order valence-corrected chi connectivity index (χ2v) is 9.48. The van der Waals surface area contributed by atoms with E-state index < -0.39 is 23.6 Å². The molecule has 0 aliphatic rings. The molecule has 0 unspecified atom stereocenters. The first-order valence-corrected chi connectivity index (χ1v) is 11.8. The molecule has 0 saturated heterocycles. The lowest BCUT2D eigenvalue weighted by molar-refractivity contribution is 0.0598. The molecule has 0 atom stereocenters. The first-order valence-electron chi connectivity index (χ1n) is 11.4. The number of methoxy groups -OCH3 is 2. The zero-order chi connectivity index (χ0) is 28.0. The smallest absolute Gasteiger partial charge is 0.412 e. The fourth-order valence-corrected chi connectivity index (χ4v) is 3.69. The van der Waals surface area contributed by atoms with Crippen LogP contribution in [0.15, 0.2) is 54.6 Å². The largest absolute Gasteiger partial charge is 0.497 e. The van der Waals surface area contributed by atoms with E-state index in [4.69, 9.17) is 25.8 Å². The number of anilines is 2. The Hall–Kier alpha value is -4.55. The molecule has 2 amide bonds. The van der Waals surface area contributed by atoms with E-state index >= 15 is 0 Å². The molecular formula is C28H26ClN3O6. The molecule has 3 rings (SSSR count). The van der Waals surface area contributed by atoms with Crippen LogP contribution in [-0.4, -0.2) is 37.8 Å². The highest BCUT2D eigenvalue weighted by Gasteiger charge is 2.21. The highest BCUT2D eigenvalue weighted by molar-refractivity contribution is 6.31. The standard InChI is InChI=1S/C28H26ClN3O6/c1-28(2,3)38-27(35)32-23-11-8-19(36-4)14-24(23)31-25(33)21-10-7-18(29)13-22(21)20-9-6-16(26(34)37-5)12-17(20)15-30/h6-14H,1-5H3,(H,31,33)(H,32,35). The normalized spacial score (nSPS) is 10.7. The summed E-state index contributed by atoms with van der Waals surface area (Å²) in [5.74, 6) is -0.699. The van der Waals surface area contributed by atoms with Crippen LogP contribution in [0.4, 0.5) is 16.2 Å². The summed E-state index contributed by atoms with van der Waals surface area (Å²) in [5, 5.41) is 15.5. The number of halogens is 1. The molecule has 0 aliphatic carbocycles. The molecule has 3 aromatic rings. The van der Waals surface area contributed by atoms with Crippen molar-refractivity contribution in [1.29, 1.82) is 5.26 Å². The molecule has 0 aromatic heterocycles. The van der Waals surface area contributed by atoms with Crippen molar-refractivity contribution in [1.82, 2.24) is 0 Å². The number of rotatable bonds is 6. The molecule has 0 saturated carbocycles. The van der Waals surface area contributed by atoms with E-state index in [2.05, 4.69) is 16.7 Å². The molecule has 9 nitrogen and oxygen atoms in total. The maximum Gasteiger partial charge on any atom is 0.412 e. The van der Waals surface area contributed by atoms with Gasteiger partial charge in [-0.05, 0) is 68.8 Å². The Morgan fingerprint density at radius 2 is 1.63 bits per heavy atom. The van der Waals surface area contributed by atoms with Gasteiger partial charge in [0, 0.05) is 22.2 Å². The molecule has 0 fully saturated rings. The number of nitrogens with zero attached hydrogens (tertiary/aromatic N) is 1. The molecule has 0 bridgehead atoms. The summed E-state index contributed by atoms with van der Waals surface area (Å²) in [5.41, 5.74) is 1.11. The summed E-state index contributed by atoms with van der Waals surface area (Å²) in [6, 6.07) is 15.8. The van der Waals surface area contributed by atoms with Crippen LogP contribution in [0.3, 0.4) is 0 Å². The first-order chi connectivity index (χ1) is 17.9. The van der Waals surface area contributed by atoms with Crippen molar-refractivity contribution >= 4 is 40.9 Å². The van der Waals surface area contributed by atoms with Crippen molar-refractivity contribution in [2.45, 2.75) is 26.4 Å². The van der Waals surface area contributed by atoms with Gasteiger partial charge in [0.15, 0.2) is 0 Å². The fourth-order valence-electron chi connectivity index (χ4n) is 3.52. The Morgan fingerprint density at radius 3 is 2.26 bits per heavy atom. The molecule has 2 N–H and O–H groups in total. The van der Waals surface area contributed by atoms with Gasteiger partial charge < -0.3 is 19.5 Å². The van der Waals surface area contributed by atoms with Crippen molar-refractivity contribution in [2.24, 2.45) is 0 Å². The molecule has 38 heavy (non-hydrogen) atoms. The molecule has 196 valence electrons. The number of benzene rings is 3. The second-order valence-electron chi connectivity index (χ2n) is 9.05. The predicted molar refractivity (Wildman–Crippen MR) is 144 cm³/mol. The predicted octanol–water partition coefficient (Wildman–Crippen LogP) is 6.27. The molecular weight excluding hydrogens is 510 g/mol. The van der Waals surface area contributed by atoms with Gasteiger partial charge in [-0.1, -0.05) is 17.7 Å². The van der Waals surface area contributed by atoms with E-state index in [-0.39, 0.29) is 28.1 Å². The molecule has 0 spiro atoms. The van der Waals surface area contributed by atoms with E-state index in [0.717, 1.165) is 0 Å². The summed E-state index contributed by atoms with van der Waals surface area (Å²) in [7, 11) is 2.72. The molecule has 0 radical (unpaired) electrons. The molecule has 0 heterocycles. The van der Waals surface area contributed by atoms with E-state index in [1.807, 2.05) is 0 Å². The van der Waals surface area contributed by atoms with Gasteiger partial charge >= 0.3 is 12.1 Å². The second kappa shape index (κ2) is 11.7. The maximum atomic E-state index is 13.5. The summed E-state index contributed by atoms with van der Waals surface area (Å²) < 4.78 is 15.3. The van der Waals surface area contributed by atoms with Crippen LogP contribution < -0.4 is 15.4 Å². The van der Waals surface area contributed by atoms with E-state index in [9.17, 15) is 19.6 Å². The zero-order valence-electron chi connectivity index (χ0n) is 21.5.